The van der Waals surface area contributed by atoms with Gasteiger partial charge in [-0.3, -0.25) is 9.69 Å². The minimum atomic E-state index is 0. The Morgan fingerprint density at radius 3 is 2.44 bits per heavy atom. The van der Waals surface area contributed by atoms with Gasteiger partial charge in [0.05, 0.1) is 13.2 Å². The van der Waals surface area contributed by atoms with Gasteiger partial charge < -0.3 is 20.7 Å². The lowest BCUT2D eigenvalue weighted by atomic mass is 9.95. The molecule has 1 saturated heterocycles. The maximum absolute atomic E-state index is 12.2. The van der Waals surface area contributed by atoms with Crippen molar-refractivity contribution in [3.8, 4) is 0 Å². The van der Waals surface area contributed by atoms with Gasteiger partial charge in [0.2, 0.25) is 5.91 Å². The normalized spacial score (nSPS) is 19.9. The second-order valence-corrected chi connectivity index (χ2v) is 7.86. The summed E-state index contributed by atoms with van der Waals surface area (Å²) in [5.74, 6) is 0.717. The van der Waals surface area contributed by atoms with Crippen molar-refractivity contribution in [2.45, 2.75) is 64.5 Å². The molecule has 158 valence electrons. The molecule has 3 N–H and O–H groups in total. The average molecular weight is 495 g/mol. The summed E-state index contributed by atoms with van der Waals surface area (Å²) in [5, 5.41) is 9.74. The highest BCUT2D eigenvalue weighted by atomic mass is 127. The summed E-state index contributed by atoms with van der Waals surface area (Å²) in [5.41, 5.74) is 0.00429. The van der Waals surface area contributed by atoms with Crippen molar-refractivity contribution in [2.24, 2.45) is 4.99 Å². The molecule has 1 heterocycles. The first kappa shape index (κ1) is 24.4. The molecule has 1 aliphatic carbocycles. The van der Waals surface area contributed by atoms with E-state index in [2.05, 4.69) is 39.7 Å². The summed E-state index contributed by atoms with van der Waals surface area (Å²) in [6.45, 7) is 11.7. The smallest absolute Gasteiger partial charge is 0.242 e. The third kappa shape index (κ3) is 8.95. The number of carbonyl (C=O) groups is 1. The number of ether oxygens (including phenoxy) is 1. The van der Waals surface area contributed by atoms with E-state index in [1.807, 2.05) is 6.92 Å². The monoisotopic (exact) mass is 495 g/mol. The topological polar surface area (TPSA) is 78.0 Å². The fraction of sp³-hybridized carbons (Fsp3) is 0.895. The van der Waals surface area contributed by atoms with Crippen LogP contribution in [0.3, 0.4) is 0 Å². The van der Waals surface area contributed by atoms with Crippen LogP contribution in [-0.2, 0) is 9.53 Å². The molecule has 2 fully saturated rings. The first-order valence-corrected chi connectivity index (χ1v) is 10.2. The number of guanidine groups is 1. The number of nitrogens with one attached hydrogen (secondary N) is 3. The van der Waals surface area contributed by atoms with E-state index in [0.717, 1.165) is 52.2 Å². The van der Waals surface area contributed by atoms with E-state index in [0.29, 0.717) is 12.0 Å². The summed E-state index contributed by atoms with van der Waals surface area (Å²) in [6, 6.07) is 0.335. The minimum Gasteiger partial charge on any atom is -0.379 e. The van der Waals surface area contributed by atoms with Crippen molar-refractivity contribution in [3.63, 3.8) is 0 Å². The van der Waals surface area contributed by atoms with Crippen LogP contribution in [0.1, 0.15) is 52.9 Å². The molecule has 0 atom stereocenters. The SMILES string of the molecule is CCNC(=NCC(=O)NC1CCCCC1)NCC(C)(C)N1CCOCC1.I. The van der Waals surface area contributed by atoms with Crippen molar-refractivity contribution in [1.82, 2.24) is 20.9 Å². The Hall–Kier alpha value is -0.610. The maximum atomic E-state index is 12.2. The zero-order valence-corrected chi connectivity index (χ0v) is 19.5. The molecule has 0 aromatic heterocycles. The molecule has 8 heteroatoms. The lowest BCUT2D eigenvalue weighted by Crippen LogP contribution is -2.56. The molecule has 1 saturated carbocycles. The fourth-order valence-corrected chi connectivity index (χ4v) is 3.59. The minimum absolute atomic E-state index is 0. The number of aliphatic imine (C=N–C) groups is 1. The highest BCUT2D eigenvalue weighted by molar-refractivity contribution is 14.0. The second-order valence-electron chi connectivity index (χ2n) is 7.86. The number of hydrogen-bond donors (Lipinski definition) is 3. The molecule has 0 aromatic rings. The number of halogens is 1. The summed E-state index contributed by atoms with van der Waals surface area (Å²) in [7, 11) is 0. The van der Waals surface area contributed by atoms with Gasteiger partial charge in [0.15, 0.2) is 5.96 Å². The largest absolute Gasteiger partial charge is 0.379 e. The maximum Gasteiger partial charge on any atom is 0.242 e. The summed E-state index contributed by atoms with van der Waals surface area (Å²) >= 11 is 0. The molecular formula is C19H38IN5O2. The van der Waals surface area contributed by atoms with E-state index < -0.39 is 0 Å². The Bertz CT molecular complexity index is 461. The summed E-state index contributed by atoms with van der Waals surface area (Å²) in [4.78, 5) is 19.1. The van der Waals surface area contributed by atoms with Crippen LogP contribution < -0.4 is 16.0 Å². The highest BCUT2D eigenvalue weighted by Gasteiger charge is 2.28. The number of amides is 1. The highest BCUT2D eigenvalue weighted by Crippen LogP contribution is 2.17. The molecule has 1 amide bonds. The van der Waals surface area contributed by atoms with Crippen molar-refractivity contribution < 1.29 is 9.53 Å². The van der Waals surface area contributed by atoms with E-state index in [4.69, 9.17) is 4.74 Å². The van der Waals surface area contributed by atoms with Gasteiger partial charge in [0.25, 0.3) is 0 Å². The van der Waals surface area contributed by atoms with Gasteiger partial charge >= 0.3 is 0 Å². The number of morpholine rings is 1. The molecule has 0 bridgehead atoms. The van der Waals surface area contributed by atoms with Crippen LogP contribution >= 0.6 is 24.0 Å². The Kier molecular flexibility index (Phi) is 11.6. The van der Waals surface area contributed by atoms with Crippen LogP contribution in [0, 0.1) is 0 Å². The van der Waals surface area contributed by atoms with E-state index in [1.54, 1.807) is 0 Å². The first-order chi connectivity index (χ1) is 12.5. The van der Waals surface area contributed by atoms with E-state index in [-0.39, 0.29) is 42.0 Å². The predicted octanol–water partition coefficient (Wildman–Crippen LogP) is 1.72. The second kappa shape index (κ2) is 12.8. The van der Waals surface area contributed by atoms with Gasteiger partial charge in [0.1, 0.15) is 6.54 Å². The molecule has 2 aliphatic rings. The zero-order valence-electron chi connectivity index (χ0n) is 17.2. The van der Waals surface area contributed by atoms with Crippen LogP contribution in [0.2, 0.25) is 0 Å². The van der Waals surface area contributed by atoms with Crippen molar-refractivity contribution in [3.05, 3.63) is 0 Å². The third-order valence-corrected chi connectivity index (χ3v) is 5.25. The quantitative estimate of drug-likeness (QED) is 0.285. The number of rotatable bonds is 7. The molecule has 2 rings (SSSR count). The summed E-state index contributed by atoms with van der Waals surface area (Å²) in [6.07, 6.45) is 5.92. The van der Waals surface area contributed by atoms with Crippen molar-refractivity contribution in [2.75, 3.05) is 45.9 Å². The van der Waals surface area contributed by atoms with Crippen LogP contribution in [-0.4, -0.2) is 74.3 Å². The number of hydrogen-bond acceptors (Lipinski definition) is 4. The van der Waals surface area contributed by atoms with Crippen LogP contribution in [0.4, 0.5) is 0 Å². The molecule has 1 aliphatic heterocycles. The Morgan fingerprint density at radius 2 is 1.81 bits per heavy atom. The van der Waals surface area contributed by atoms with E-state index in [9.17, 15) is 4.79 Å². The van der Waals surface area contributed by atoms with E-state index in [1.165, 1.54) is 19.3 Å². The van der Waals surface area contributed by atoms with E-state index >= 15 is 0 Å². The van der Waals surface area contributed by atoms with Crippen LogP contribution in [0.15, 0.2) is 4.99 Å². The van der Waals surface area contributed by atoms with Gasteiger partial charge in [-0.05, 0) is 33.6 Å². The van der Waals surface area contributed by atoms with Crippen molar-refractivity contribution >= 4 is 35.8 Å². The predicted molar refractivity (Wildman–Crippen MR) is 121 cm³/mol. The van der Waals surface area contributed by atoms with Crippen LogP contribution in [0.5, 0.6) is 0 Å². The van der Waals surface area contributed by atoms with Gasteiger partial charge in [-0.2, -0.15) is 0 Å². The Balaban J connectivity index is 0.00000364. The van der Waals surface area contributed by atoms with Crippen molar-refractivity contribution in [1.29, 1.82) is 0 Å². The standard InChI is InChI=1S/C19H37N5O2.HI/c1-4-20-18(21-14-17(25)23-16-8-6-5-7-9-16)22-15-19(2,3)24-10-12-26-13-11-24;/h16H,4-15H2,1-3H3,(H,23,25)(H2,20,21,22);1H. The van der Waals surface area contributed by atoms with Crippen LogP contribution in [0.25, 0.3) is 0 Å². The first-order valence-electron chi connectivity index (χ1n) is 10.2. The molecule has 0 spiro atoms. The lowest BCUT2D eigenvalue weighted by molar-refractivity contribution is -0.120. The van der Waals surface area contributed by atoms with Gasteiger partial charge in [-0.1, -0.05) is 19.3 Å². The molecule has 0 aromatic carbocycles. The Morgan fingerprint density at radius 1 is 1.15 bits per heavy atom. The Labute approximate surface area is 181 Å². The lowest BCUT2D eigenvalue weighted by Gasteiger charge is -2.41. The van der Waals surface area contributed by atoms with Gasteiger partial charge in [0, 0.05) is 37.8 Å². The zero-order chi connectivity index (χ0) is 18.8. The summed E-state index contributed by atoms with van der Waals surface area (Å²) < 4.78 is 5.44. The van der Waals surface area contributed by atoms with Gasteiger partial charge in [-0.15, -0.1) is 24.0 Å². The molecule has 7 nitrogen and oxygen atoms in total. The number of nitrogens with zero attached hydrogens (tertiary/aromatic N) is 2. The molecule has 0 radical (unpaired) electrons. The third-order valence-electron chi connectivity index (χ3n) is 5.25. The molecule has 0 unspecified atom stereocenters. The number of carbonyl (C=O) groups excluding carboxylic acids is 1. The fourth-order valence-electron chi connectivity index (χ4n) is 3.59. The average Bonchev–Trinajstić information content (AvgIpc) is 2.65. The molecule has 27 heavy (non-hydrogen) atoms. The van der Waals surface area contributed by atoms with Gasteiger partial charge in [-0.25, -0.2) is 4.99 Å². The molecular weight excluding hydrogens is 457 g/mol.